The van der Waals surface area contributed by atoms with Crippen molar-refractivity contribution in [3.8, 4) is 11.1 Å². The summed E-state index contributed by atoms with van der Waals surface area (Å²) in [6, 6.07) is 12.8. The van der Waals surface area contributed by atoms with E-state index in [9.17, 15) is 9.59 Å². The van der Waals surface area contributed by atoms with Gasteiger partial charge in [0.25, 0.3) is 0 Å². The summed E-state index contributed by atoms with van der Waals surface area (Å²) in [6.45, 7) is 1.97. The Bertz CT molecular complexity index is 845. The van der Waals surface area contributed by atoms with Gasteiger partial charge in [-0.15, -0.1) is 0 Å². The molecule has 0 bridgehead atoms. The Balaban J connectivity index is 2.14. The number of halogens is 2. The number of hydrogen-bond acceptors (Lipinski definition) is 4. The van der Waals surface area contributed by atoms with Gasteiger partial charge in [0.2, 0.25) is 5.91 Å². The van der Waals surface area contributed by atoms with Crippen LogP contribution in [0.1, 0.15) is 12.5 Å². The van der Waals surface area contributed by atoms with E-state index in [1.165, 1.54) is 13.2 Å². The first-order valence-electron chi connectivity index (χ1n) is 9.10. The second kappa shape index (κ2) is 11.6. The highest BCUT2D eigenvalue weighted by Gasteiger charge is 2.12. The molecule has 0 saturated heterocycles. The zero-order valence-electron chi connectivity index (χ0n) is 16.3. The van der Waals surface area contributed by atoms with Crippen molar-refractivity contribution in [1.29, 1.82) is 0 Å². The summed E-state index contributed by atoms with van der Waals surface area (Å²) in [5.41, 5.74) is 2.87. The fourth-order valence-corrected chi connectivity index (χ4v) is 3.27. The van der Waals surface area contributed by atoms with Crippen LogP contribution in [0, 0.1) is 0 Å². The standard InChI is InChI=1S/C22H23Cl2NO4/c1-3-29-22(27)9-8-20(25-21(26)14-28-2)10-15-4-6-16(7-5-15)17-11-18(23)13-19(24)12-17/h4-9,11-13,20H,3,10,14H2,1-2H3,(H,25,26)/b9-8+/t20-/m0/s1. The van der Waals surface area contributed by atoms with Crippen molar-refractivity contribution < 1.29 is 19.1 Å². The van der Waals surface area contributed by atoms with Crippen LogP contribution in [0.25, 0.3) is 11.1 Å². The normalized spacial score (nSPS) is 12.0. The molecule has 0 aromatic heterocycles. The molecule has 0 aliphatic rings. The van der Waals surface area contributed by atoms with E-state index in [1.807, 2.05) is 36.4 Å². The topological polar surface area (TPSA) is 64.6 Å². The van der Waals surface area contributed by atoms with Gasteiger partial charge in [-0.2, -0.15) is 0 Å². The van der Waals surface area contributed by atoms with Crippen molar-refractivity contribution >= 4 is 35.1 Å². The summed E-state index contributed by atoms with van der Waals surface area (Å²) in [5.74, 6) is -0.720. The van der Waals surface area contributed by atoms with Crippen molar-refractivity contribution in [2.24, 2.45) is 0 Å². The molecule has 2 rings (SSSR count). The molecule has 1 N–H and O–H groups in total. The minimum Gasteiger partial charge on any atom is -0.463 e. The largest absolute Gasteiger partial charge is 0.463 e. The van der Waals surface area contributed by atoms with Gasteiger partial charge in [0.15, 0.2) is 0 Å². The molecule has 1 amide bonds. The van der Waals surface area contributed by atoms with Crippen molar-refractivity contribution in [2.45, 2.75) is 19.4 Å². The third kappa shape index (κ3) is 7.89. The van der Waals surface area contributed by atoms with E-state index in [1.54, 1.807) is 19.1 Å². The van der Waals surface area contributed by atoms with Crippen LogP contribution in [-0.4, -0.2) is 38.2 Å². The molecule has 29 heavy (non-hydrogen) atoms. The lowest BCUT2D eigenvalue weighted by molar-refractivity contribution is -0.137. The van der Waals surface area contributed by atoms with Gasteiger partial charge >= 0.3 is 5.97 Å². The maximum atomic E-state index is 11.9. The SMILES string of the molecule is CCOC(=O)/C=C/[C@@H](Cc1ccc(-c2cc(Cl)cc(Cl)c2)cc1)NC(=O)COC. The van der Waals surface area contributed by atoms with E-state index in [0.29, 0.717) is 23.1 Å². The molecule has 0 spiro atoms. The summed E-state index contributed by atoms with van der Waals surface area (Å²) in [4.78, 5) is 23.5. The van der Waals surface area contributed by atoms with Gasteiger partial charge in [-0.1, -0.05) is 53.5 Å². The van der Waals surface area contributed by atoms with Crippen molar-refractivity contribution in [1.82, 2.24) is 5.32 Å². The average Bonchev–Trinajstić information content (AvgIpc) is 2.66. The molecule has 0 aliphatic heterocycles. The van der Waals surface area contributed by atoms with Crippen LogP contribution in [0.15, 0.2) is 54.6 Å². The predicted octanol–water partition coefficient (Wildman–Crippen LogP) is 4.45. The minimum absolute atomic E-state index is 0.0573. The van der Waals surface area contributed by atoms with E-state index in [4.69, 9.17) is 32.7 Å². The van der Waals surface area contributed by atoms with Crippen molar-refractivity contribution in [3.05, 3.63) is 70.2 Å². The molecule has 7 heteroatoms. The van der Waals surface area contributed by atoms with E-state index in [2.05, 4.69) is 5.32 Å². The zero-order valence-corrected chi connectivity index (χ0v) is 17.8. The van der Waals surface area contributed by atoms with Gasteiger partial charge in [0, 0.05) is 23.2 Å². The van der Waals surface area contributed by atoms with E-state index < -0.39 is 5.97 Å². The number of rotatable bonds is 9. The summed E-state index contributed by atoms with van der Waals surface area (Å²) < 4.78 is 9.75. The van der Waals surface area contributed by atoms with Crippen LogP contribution in [0.2, 0.25) is 10.0 Å². The highest BCUT2D eigenvalue weighted by molar-refractivity contribution is 6.35. The van der Waals surface area contributed by atoms with Crippen LogP contribution in [-0.2, 0) is 25.5 Å². The third-order valence-electron chi connectivity index (χ3n) is 3.98. The summed E-state index contributed by atoms with van der Waals surface area (Å²) in [7, 11) is 1.45. The maximum absolute atomic E-state index is 11.9. The number of hydrogen-bond donors (Lipinski definition) is 1. The molecule has 0 saturated carbocycles. The Morgan fingerprint density at radius 1 is 1.07 bits per heavy atom. The zero-order chi connectivity index (χ0) is 21.2. The Morgan fingerprint density at radius 3 is 2.31 bits per heavy atom. The number of nitrogens with one attached hydrogen (secondary N) is 1. The lowest BCUT2D eigenvalue weighted by Gasteiger charge is -2.15. The predicted molar refractivity (Wildman–Crippen MR) is 115 cm³/mol. The number of esters is 1. The molecule has 0 fully saturated rings. The number of amides is 1. The maximum Gasteiger partial charge on any atom is 0.330 e. The number of methoxy groups -OCH3 is 1. The highest BCUT2D eigenvalue weighted by Crippen LogP contribution is 2.27. The number of benzene rings is 2. The van der Waals surface area contributed by atoms with Crippen LogP contribution in [0.3, 0.4) is 0 Å². The molecule has 2 aromatic rings. The number of ether oxygens (including phenoxy) is 2. The van der Waals surface area contributed by atoms with E-state index >= 15 is 0 Å². The molecule has 5 nitrogen and oxygen atoms in total. The third-order valence-corrected chi connectivity index (χ3v) is 4.41. The van der Waals surface area contributed by atoms with Gasteiger partial charge in [0.1, 0.15) is 6.61 Å². The van der Waals surface area contributed by atoms with E-state index in [-0.39, 0.29) is 18.6 Å². The number of carbonyl (C=O) groups is 2. The van der Waals surface area contributed by atoms with Crippen molar-refractivity contribution in [2.75, 3.05) is 20.3 Å². The van der Waals surface area contributed by atoms with Gasteiger partial charge in [-0.05, 0) is 48.2 Å². The first-order valence-corrected chi connectivity index (χ1v) is 9.85. The smallest absolute Gasteiger partial charge is 0.330 e. The second-order valence-corrected chi connectivity index (χ2v) is 7.15. The van der Waals surface area contributed by atoms with Crippen LogP contribution < -0.4 is 5.32 Å². The Hall–Kier alpha value is -2.34. The quantitative estimate of drug-likeness (QED) is 0.466. The molecule has 0 heterocycles. The Morgan fingerprint density at radius 2 is 1.72 bits per heavy atom. The molecule has 1 atom stereocenters. The lowest BCUT2D eigenvalue weighted by Crippen LogP contribution is -2.37. The monoisotopic (exact) mass is 435 g/mol. The second-order valence-electron chi connectivity index (χ2n) is 6.28. The Labute approximate surface area is 180 Å². The van der Waals surface area contributed by atoms with Crippen LogP contribution >= 0.6 is 23.2 Å². The highest BCUT2D eigenvalue weighted by atomic mass is 35.5. The molecular formula is C22H23Cl2NO4. The minimum atomic E-state index is -0.452. The van der Waals surface area contributed by atoms with Gasteiger partial charge in [-0.25, -0.2) is 4.79 Å². The van der Waals surface area contributed by atoms with Crippen molar-refractivity contribution in [3.63, 3.8) is 0 Å². The first-order chi connectivity index (χ1) is 13.9. The molecule has 0 unspecified atom stereocenters. The summed E-state index contributed by atoms with van der Waals surface area (Å²) in [6.07, 6.45) is 3.45. The first kappa shape index (κ1) is 22.9. The molecule has 2 aromatic carbocycles. The molecular weight excluding hydrogens is 413 g/mol. The fraction of sp³-hybridized carbons (Fsp3) is 0.273. The average molecular weight is 436 g/mol. The van der Waals surface area contributed by atoms with Gasteiger partial charge < -0.3 is 14.8 Å². The molecule has 0 aliphatic carbocycles. The molecule has 0 radical (unpaired) electrons. The molecule has 154 valence electrons. The van der Waals surface area contributed by atoms with E-state index in [0.717, 1.165) is 16.7 Å². The van der Waals surface area contributed by atoms with Gasteiger partial charge in [-0.3, -0.25) is 4.79 Å². The van der Waals surface area contributed by atoms with Gasteiger partial charge in [0.05, 0.1) is 12.6 Å². The Kier molecular flexibility index (Phi) is 9.19. The summed E-state index contributed by atoms with van der Waals surface area (Å²) >= 11 is 12.2. The fourth-order valence-electron chi connectivity index (χ4n) is 2.74. The summed E-state index contributed by atoms with van der Waals surface area (Å²) in [5, 5.41) is 3.97. The number of carbonyl (C=O) groups excluding carboxylic acids is 2. The van der Waals surface area contributed by atoms with Crippen LogP contribution in [0.5, 0.6) is 0 Å². The van der Waals surface area contributed by atoms with Crippen LogP contribution in [0.4, 0.5) is 0 Å². The lowest BCUT2D eigenvalue weighted by atomic mass is 10.0.